The molecule has 2 atom stereocenters. The van der Waals surface area contributed by atoms with E-state index in [1.807, 2.05) is 10.6 Å². The van der Waals surface area contributed by atoms with Gasteiger partial charge >= 0.3 is 0 Å². The zero-order valence-electron chi connectivity index (χ0n) is 18.9. The van der Waals surface area contributed by atoms with Crippen molar-refractivity contribution < 1.29 is 18.7 Å². The fourth-order valence-corrected chi connectivity index (χ4v) is 5.52. The molecule has 4 fully saturated rings. The number of ketones is 1. The number of carbonyl (C=O) groups excluding carboxylic acids is 1. The number of fused-ring (bicyclic) bond motifs is 3. The van der Waals surface area contributed by atoms with Crippen molar-refractivity contribution in [3.05, 3.63) is 41.6 Å². The normalized spacial score (nSPS) is 29.0. The molecule has 0 radical (unpaired) electrons. The first-order chi connectivity index (χ1) is 16.0. The number of Topliss-reactive ketones (excluding diaryl/α,β-unsaturated/α-hetero) is 1. The summed E-state index contributed by atoms with van der Waals surface area (Å²) in [5.41, 5.74) is 2.72. The summed E-state index contributed by atoms with van der Waals surface area (Å²) in [7, 11) is 0. The maximum Gasteiger partial charge on any atom is 0.258 e. The highest BCUT2D eigenvalue weighted by atomic mass is 16.5. The largest absolute Gasteiger partial charge is 0.472 e. The summed E-state index contributed by atoms with van der Waals surface area (Å²) in [6, 6.07) is 0. The van der Waals surface area contributed by atoms with Gasteiger partial charge in [0.2, 0.25) is 5.65 Å². The van der Waals surface area contributed by atoms with Crippen molar-refractivity contribution in [1.29, 1.82) is 0 Å². The predicted molar refractivity (Wildman–Crippen MR) is 118 cm³/mol. The molecule has 2 bridgehead atoms. The lowest BCUT2D eigenvalue weighted by atomic mass is 9.84. The number of hydrogen-bond donors (Lipinski definition) is 0. The van der Waals surface area contributed by atoms with Gasteiger partial charge in [-0.05, 0) is 58.3 Å². The van der Waals surface area contributed by atoms with E-state index >= 15 is 0 Å². The van der Waals surface area contributed by atoms with Crippen molar-refractivity contribution in [2.24, 2.45) is 0 Å². The summed E-state index contributed by atoms with van der Waals surface area (Å²) in [5, 5.41) is 0. The Morgan fingerprint density at radius 2 is 2.06 bits per heavy atom. The molecular formula is C25H28N4O4. The van der Waals surface area contributed by atoms with E-state index in [9.17, 15) is 4.79 Å². The van der Waals surface area contributed by atoms with Crippen LogP contribution < -0.4 is 4.74 Å². The lowest BCUT2D eigenvalue weighted by Gasteiger charge is -2.26. The van der Waals surface area contributed by atoms with Crippen LogP contribution in [0.4, 0.5) is 0 Å². The highest BCUT2D eigenvalue weighted by Crippen LogP contribution is 2.53. The van der Waals surface area contributed by atoms with Gasteiger partial charge in [-0.3, -0.25) is 4.79 Å². The number of carbonyl (C=O) groups is 1. The summed E-state index contributed by atoms with van der Waals surface area (Å²) < 4.78 is 19.8. The molecule has 3 saturated carbocycles. The third-order valence-electron chi connectivity index (χ3n) is 7.95. The van der Waals surface area contributed by atoms with Gasteiger partial charge in [0, 0.05) is 23.7 Å². The predicted octanol–water partition coefficient (Wildman–Crippen LogP) is 4.16. The number of aromatic nitrogens is 4. The van der Waals surface area contributed by atoms with Crippen molar-refractivity contribution in [2.75, 3.05) is 6.61 Å². The van der Waals surface area contributed by atoms with Gasteiger partial charge in [-0.2, -0.15) is 0 Å². The molecular weight excluding hydrogens is 420 g/mol. The first kappa shape index (κ1) is 19.7. The van der Waals surface area contributed by atoms with Crippen molar-refractivity contribution in [2.45, 2.75) is 87.7 Å². The van der Waals surface area contributed by atoms with E-state index in [1.165, 1.54) is 12.7 Å². The molecule has 4 aliphatic rings. The molecule has 0 N–H and O–H groups in total. The van der Waals surface area contributed by atoms with E-state index in [4.69, 9.17) is 23.9 Å². The van der Waals surface area contributed by atoms with Gasteiger partial charge in [0.15, 0.2) is 11.7 Å². The Balaban J connectivity index is 1.22. The highest BCUT2D eigenvalue weighted by molar-refractivity contribution is 5.95. The molecule has 1 saturated heterocycles. The molecule has 4 heterocycles. The zero-order chi connectivity index (χ0) is 22.2. The zero-order valence-corrected chi connectivity index (χ0v) is 18.9. The minimum Gasteiger partial charge on any atom is -0.472 e. The quantitative estimate of drug-likeness (QED) is 0.501. The highest BCUT2D eigenvalue weighted by Gasteiger charge is 2.55. The molecule has 172 valence electrons. The number of imidazole rings is 1. The smallest absolute Gasteiger partial charge is 0.258 e. The Morgan fingerprint density at radius 1 is 1.18 bits per heavy atom. The molecule has 3 aromatic rings. The average molecular weight is 449 g/mol. The maximum absolute atomic E-state index is 12.9. The standard InChI is InChI=1S/C25H28N4O4/c1-24-7-8-25(13-24,14-32-24)20-11-29-10-16(26-23(21(29)28-20)33-17-3-2-4-17)9-19(30)18-12-31-22(27-18)15-5-6-15/h10-12,15,17H,2-9,13-14H2,1H3. The number of oxazole rings is 1. The number of hydrogen-bond acceptors (Lipinski definition) is 7. The van der Waals surface area contributed by atoms with Crippen molar-refractivity contribution in [3.8, 4) is 5.88 Å². The van der Waals surface area contributed by atoms with E-state index in [0.29, 0.717) is 35.7 Å². The second kappa shape index (κ2) is 6.88. The van der Waals surface area contributed by atoms with Crippen LogP contribution in [-0.4, -0.2) is 43.4 Å². The fourth-order valence-electron chi connectivity index (χ4n) is 5.52. The van der Waals surface area contributed by atoms with Crippen LogP contribution in [-0.2, 0) is 16.6 Å². The summed E-state index contributed by atoms with van der Waals surface area (Å²) in [6.07, 6.45) is 14.3. The number of rotatable bonds is 7. The van der Waals surface area contributed by atoms with Crippen molar-refractivity contribution in [1.82, 2.24) is 19.4 Å². The minimum atomic E-state index is -0.0956. The monoisotopic (exact) mass is 448 g/mol. The second-order valence-electron chi connectivity index (χ2n) is 10.7. The number of ether oxygens (including phenoxy) is 2. The third-order valence-corrected chi connectivity index (χ3v) is 7.95. The Bertz CT molecular complexity index is 1240. The molecule has 0 spiro atoms. The van der Waals surface area contributed by atoms with Gasteiger partial charge in [0.1, 0.15) is 18.1 Å². The molecule has 8 nitrogen and oxygen atoms in total. The molecule has 8 heteroatoms. The van der Waals surface area contributed by atoms with E-state index in [1.54, 1.807) is 0 Å². The molecule has 3 aromatic heterocycles. The van der Waals surface area contributed by atoms with E-state index < -0.39 is 0 Å². The topological polar surface area (TPSA) is 91.8 Å². The molecule has 1 aliphatic heterocycles. The summed E-state index contributed by atoms with van der Waals surface area (Å²) >= 11 is 0. The molecule has 7 rings (SSSR count). The van der Waals surface area contributed by atoms with Crippen molar-refractivity contribution >= 4 is 11.4 Å². The van der Waals surface area contributed by atoms with E-state index in [0.717, 1.165) is 56.3 Å². The van der Waals surface area contributed by atoms with Crippen LogP contribution in [0.1, 0.15) is 92.0 Å². The lowest BCUT2D eigenvalue weighted by molar-refractivity contribution is -0.00627. The maximum atomic E-state index is 12.9. The second-order valence-corrected chi connectivity index (χ2v) is 10.7. The van der Waals surface area contributed by atoms with Gasteiger partial charge in [0.05, 0.1) is 30.0 Å². The first-order valence-corrected chi connectivity index (χ1v) is 12.2. The Labute approximate surface area is 191 Å². The van der Waals surface area contributed by atoms with Crippen LogP contribution in [0, 0.1) is 0 Å². The van der Waals surface area contributed by atoms with Crippen LogP contribution in [0.15, 0.2) is 23.1 Å². The first-order valence-electron chi connectivity index (χ1n) is 12.2. The van der Waals surface area contributed by atoms with Gasteiger partial charge < -0.3 is 18.3 Å². The average Bonchev–Trinajstić information content (AvgIpc) is 3.14. The van der Waals surface area contributed by atoms with E-state index in [-0.39, 0.29) is 29.3 Å². The van der Waals surface area contributed by atoms with Crippen LogP contribution in [0.5, 0.6) is 5.88 Å². The lowest BCUT2D eigenvalue weighted by Crippen LogP contribution is -2.27. The molecule has 3 aliphatic carbocycles. The van der Waals surface area contributed by atoms with E-state index in [2.05, 4.69) is 18.1 Å². The Hall–Kier alpha value is -2.74. The Morgan fingerprint density at radius 3 is 2.73 bits per heavy atom. The summed E-state index contributed by atoms with van der Waals surface area (Å²) in [6.45, 7) is 2.91. The van der Waals surface area contributed by atoms with Gasteiger partial charge in [-0.1, -0.05) is 0 Å². The molecule has 2 unspecified atom stereocenters. The molecule has 0 amide bonds. The molecule has 33 heavy (non-hydrogen) atoms. The minimum absolute atomic E-state index is 0.0339. The van der Waals surface area contributed by atoms with Crippen LogP contribution in [0.3, 0.4) is 0 Å². The van der Waals surface area contributed by atoms with Gasteiger partial charge in [-0.25, -0.2) is 15.0 Å². The van der Waals surface area contributed by atoms with Crippen LogP contribution in [0.2, 0.25) is 0 Å². The van der Waals surface area contributed by atoms with Crippen LogP contribution in [0.25, 0.3) is 5.65 Å². The van der Waals surface area contributed by atoms with Crippen molar-refractivity contribution in [3.63, 3.8) is 0 Å². The Kier molecular flexibility index (Phi) is 4.11. The summed E-state index contributed by atoms with van der Waals surface area (Å²) in [4.78, 5) is 27.1. The van der Waals surface area contributed by atoms with Gasteiger partial charge in [0.25, 0.3) is 5.88 Å². The fraction of sp³-hybridized carbons (Fsp3) is 0.600. The van der Waals surface area contributed by atoms with Crippen LogP contribution >= 0.6 is 0 Å². The summed E-state index contributed by atoms with van der Waals surface area (Å²) in [5.74, 6) is 1.48. The molecule has 0 aromatic carbocycles. The van der Waals surface area contributed by atoms with Gasteiger partial charge in [-0.15, -0.1) is 0 Å². The number of nitrogens with zero attached hydrogens (tertiary/aromatic N) is 4. The SMILES string of the molecule is CC12CCC(c3cn4cc(CC(=O)c5coc(C6CC6)n5)nc(OC5CCC5)c4n3)(CO1)C2. The third kappa shape index (κ3) is 3.29.